The standard InChI is InChI=1S/C18H26ClN7O3/c19-15-12-20-18(23-17(15)25-7-9-29-10-8-25)22-14-11-21-26(13-14)6-4-2-1-3-5-16(27)24-28/h11-13,28H,1-10H2,(H,24,27)(H,20,22,23). The highest BCUT2D eigenvalue weighted by Gasteiger charge is 2.17. The van der Waals surface area contributed by atoms with Crippen molar-refractivity contribution in [2.24, 2.45) is 0 Å². The Morgan fingerprint density at radius 3 is 2.79 bits per heavy atom. The first-order chi connectivity index (χ1) is 14.2. The molecule has 0 aliphatic carbocycles. The number of hydrogen-bond donors (Lipinski definition) is 3. The largest absolute Gasteiger partial charge is 0.378 e. The minimum absolute atomic E-state index is 0.339. The first kappa shape index (κ1) is 21.3. The van der Waals surface area contributed by atoms with E-state index in [-0.39, 0.29) is 5.91 Å². The van der Waals surface area contributed by atoms with Crippen molar-refractivity contribution in [3.63, 3.8) is 0 Å². The lowest BCUT2D eigenvalue weighted by Crippen LogP contribution is -2.37. The maximum atomic E-state index is 10.9. The molecule has 1 aliphatic heterocycles. The van der Waals surface area contributed by atoms with Gasteiger partial charge in [-0.25, -0.2) is 10.5 Å². The molecule has 3 N–H and O–H groups in total. The van der Waals surface area contributed by atoms with Gasteiger partial charge in [0.25, 0.3) is 0 Å². The van der Waals surface area contributed by atoms with E-state index in [4.69, 9.17) is 21.5 Å². The van der Waals surface area contributed by atoms with Crippen LogP contribution < -0.4 is 15.7 Å². The Bertz CT molecular complexity index is 796. The zero-order chi connectivity index (χ0) is 20.5. The first-order valence-electron chi connectivity index (χ1n) is 9.73. The fraction of sp³-hybridized carbons (Fsp3) is 0.556. The summed E-state index contributed by atoms with van der Waals surface area (Å²) in [7, 11) is 0. The summed E-state index contributed by atoms with van der Waals surface area (Å²) in [5, 5.41) is 16.5. The van der Waals surface area contributed by atoms with Crippen molar-refractivity contribution in [3.05, 3.63) is 23.6 Å². The molecule has 1 saturated heterocycles. The fourth-order valence-electron chi connectivity index (χ4n) is 3.06. The van der Waals surface area contributed by atoms with Gasteiger partial charge in [-0.1, -0.05) is 24.4 Å². The van der Waals surface area contributed by atoms with Gasteiger partial charge in [-0.15, -0.1) is 0 Å². The molecule has 11 heteroatoms. The van der Waals surface area contributed by atoms with Gasteiger partial charge in [-0.2, -0.15) is 10.1 Å². The molecule has 0 atom stereocenters. The maximum absolute atomic E-state index is 10.9. The maximum Gasteiger partial charge on any atom is 0.243 e. The quantitative estimate of drug-likeness (QED) is 0.303. The predicted molar refractivity (Wildman–Crippen MR) is 109 cm³/mol. The lowest BCUT2D eigenvalue weighted by Gasteiger charge is -2.28. The number of ether oxygens (including phenoxy) is 1. The highest BCUT2D eigenvalue weighted by Crippen LogP contribution is 2.25. The molecule has 29 heavy (non-hydrogen) atoms. The van der Waals surface area contributed by atoms with E-state index in [0.717, 1.165) is 51.0 Å². The topological polar surface area (TPSA) is 117 Å². The summed E-state index contributed by atoms with van der Waals surface area (Å²) >= 11 is 6.27. The first-order valence-corrected chi connectivity index (χ1v) is 10.1. The highest BCUT2D eigenvalue weighted by molar-refractivity contribution is 6.32. The number of rotatable bonds is 10. The number of hydroxylamine groups is 1. The molecule has 2 aromatic rings. The monoisotopic (exact) mass is 423 g/mol. The van der Waals surface area contributed by atoms with Gasteiger partial charge in [0.15, 0.2) is 5.82 Å². The van der Waals surface area contributed by atoms with Gasteiger partial charge in [0.1, 0.15) is 5.02 Å². The number of carbonyl (C=O) groups excluding carboxylic acids is 1. The Hall–Kier alpha value is -2.43. The molecule has 0 spiro atoms. The van der Waals surface area contributed by atoms with E-state index in [1.54, 1.807) is 17.9 Å². The number of nitrogens with zero attached hydrogens (tertiary/aromatic N) is 5. The van der Waals surface area contributed by atoms with Crippen LogP contribution in [0.4, 0.5) is 17.5 Å². The van der Waals surface area contributed by atoms with Gasteiger partial charge < -0.3 is 15.0 Å². The lowest BCUT2D eigenvalue weighted by molar-refractivity contribution is -0.129. The number of aromatic nitrogens is 4. The molecular weight excluding hydrogens is 398 g/mol. The van der Waals surface area contributed by atoms with Crippen LogP contribution in [0.5, 0.6) is 0 Å². The van der Waals surface area contributed by atoms with Gasteiger partial charge >= 0.3 is 0 Å². The summed E-state index contributed by atoms with van der Waals surface area (Å²) in [6, 6.07) is 0. The zero-order valence-corrected chi connectivity index (χ0v) is 16.9. The van der Waals surface area contributed by atoms with Crippen LogP contribution in [0.25, 0.3) is 0 Å². The van der Waals surface area contributed by atoms with Crippen LogP contribution in [-0.2, 0) is 16.1 Å². The van der Waals surface area contributed by atoms with Crippen molar-refractivity contribution >= 4 is 35.0 Å². The molecule has 0 aromatic carbocycles. The van der Waals surface area contributed by atoms with Gasteiger partial charge in [0.2, 0.25) is 11.9 Å². The minimum atomic E-state index is -0.339. The van der Waals surface area contributed by atoms with Crippen LogP contribution in [0, 0.1) is 0 Å². The fourth-order valence-corrected chi connectivity index (χ4v) is 3.27. The number of unbranched alkanes of at least 4 members (excludes halogenated alkanes) is 3. The molecule has 3 rings (SSSR count). The molecule has 2 aromatic heterocycles. The van der Waals surface area contributed by atoms with Crippen LogP contribution in [0.2, 0.25) is 5.02 Å². The molecule has 1 amide bonds. The second-order valence-electron chi connectivity index (χ2n) is 6.78. The van der Waals surface area contributed by atoms with Crippen molar-refractivity contribution in [2.75, 3.05) is 36.5 Å². The predicted octanol–water partition coefficient (Wildman–Crippen LogP) is 2.36. The van der Waals surface area contributed by atoms with E-state index in [2.05, 4.69) is 25.3 Å². The van der Waals surface area contributed by atoms with Crippen LogP contribution in [0.15, 0.2) is 18.6 Å². The normalized spacial score (nSPS) is 14.1. The van der Waals surface area contributed by atoms with Crippen molar-refractivity contribution in [2.45, 2.75) is 38.6 Å². The van der Waals surface area contributed by atoms with Gasteiger partial charge in [0.05, 0.1) is 31.3 Å². The van der Waals surface area contributed by atoms with Crippen molar-refractivity contribution < 1.29 is 14.7 Å². The number of halogens is 1. The third kappa shape index (κ3) is 6.55. The van der Waals surface area contributed by atoms with Gasteiger partial charge in [0, 0.05) is 32.3 Å². The summed E-state index contributed by atoms with van der Waals surface area (Å²) in [4.78, 5) is 21.8. The van der Waals surface area contributed by atoms with Crippen LogP contribution in [-0.4, -0.2) is 57.2 Å². The number of morpholine rings is 1. The summed E-state index contributed by atoms with van der Waals surface area (Å²) in [5.74, 6) is 0.835. The van der Waals surface area contributed by atoms with E-state index in [1.807, 2.05) is 10.9 Å². The Kier molecular flexibility index (Phi) is 8.03. The number of carbonyl (C=O) groups is 1. The van der Waals surface area contributed by atoms with Crippen molar-refractivity contribution in [1.29, 1.82) is 0 Å². The molecule has 0 unspecified atom stereocenters. The van der Waals surface area contributed by atoms with E-state index in [0.29, 0.717) is 36.4 Å². The van der Waals surface area contributed by atoms with E-state index in [1.165, 1.54) is 0 Å². The zero-order valence-electron chi connectivity index (χ0n) is 16.2. The van der Waals surface area contributed by atoms with E-state index >= 15 is 0 Å². The molecule has 1 fully saturated rings. The second-order valence-corrected chi connectivity index (χ2v) is 7.19. The average Bonchev–Trinajstić information content (AvgIpc) is 3.19. The Morgan fingerprint density at radius 1 is 1.21 bits per heavy atom. The summed E-state index contributed by atoms with van der Waals surface area (Å²) in [6.07, 6.45) is 9.23. The highest BCUT2D eigenvalue weighted by atomic mass is 35.5. The van der Waals surface area contributed by atoms with E-state index < -0.39 is 0 Å². The minimum Gasteiger partial charge on any atom is -0.378 e. The molecule has 0 saturated carbocycles. The van der Waals surface area contributed by atoms with Crippen LogP contribution in [0.3, 0.4) is 0 Å². The molecule has 0 radical (unpaired) electrons. The third-order valence-electron chi connectivity index (χ3n) is 4.59. The molecular formula is C18H26ClN7O3. The Balaban J connectivity index is 1.46. The molecule has 3 heterocycles. The summed E-state index contributed by atoms with van der Waals surface area (Å²) in [5.41, 5.74) is 2.45. The number of aryl methyl sites for hydroxylation is 1. The molecule has 10 nitrogen and oxygen atoms in total. The summed E-state index contributed by atoms with van der Waals surface area (Å²) in [6.45, 7) is 3.60. The number of hydrogen-bond acceptors (Lipinski definition) is 8. The smallest absolute Gasteiger partial charge is 0.243 e. The van der Waals surface area contributed by atoms with Crippen molar-refractivity contribution in [3.8, 4) is 0 Å². The molecule has 158 valence electrons. The molecule has 0 bridgehead atoms. The van der Waals surface area contributed by atoms with E-state index in [9.17, 15) is 4.79 Å². The third-order valence-corrected chi connectivity index (χ3v) is 4.86. The number of nitrogens with one attached hydrogen (secondary N) is 2. The SMILES string of the molecule is O=C(CCCCCCn1cc(Nc2ncc(Cl)c(N3CCOCC3)n2)cn1)NO. The average molecular weight is 424 g/mol. The van der Waals surface area contributed by atoms with Gasteiger partial charge in [-0.05, 0) is 12.8 Å². The van der Waals surface area contributed by atoms with Crippen LogP contribution >= 0.6 is 11.6 Å². The van der Waals surface area contributed by atoms with Crippen molar-refractivity contribution in [1.82, 2.24) is 25.2 Å². The Morgan fingerprint density at radius 2 is 2.00 bits per heavy atom. The lowest BCUT2D eigenvalue weighted by atomic mass is 10.1. The molecule has 1 aliphatic rings. The summed E-state index contributed by atoms with van der Waals surface area (Å²) < 4.78 is 7.24. The number of anilines is 3. The van der Waals surface area contributed by atoms with Crippen LogP contribution in [0.1, 0.15) is 32.1 Å². The number of amides is 1. The Labute approximate surface area is 174 Å². The van der Waals surface area contributed by atoms with Gasteiger partial charge in [-0.3, -0.25) is 14.7 Å². The second kappa shape index (κ2) is 10.9.